The van der Waals surface area contributed by atoms with Gasteiger partial charge < -0.3 is 9.64 Å². The zero-order valence-electron chi connectivity index (χ0n) is 17.4. The van der Waals surface area contributed by atoms with E-state index in [1.807, 2.05) is 16.8 Å². The van der Waals surface area contributed by atoms with Crippen molar-refractivity contribution in [3.8, 4) is 10.6 Å². The van der Waals surface area contributed by atoms with Gasteiger partial charge in [0.15, 0.2) is 18.1 Å². The number of ketones is 1. The normalized spacial score (nSPS) is 18.4. The van der Waals surface area contributed by atoms with Crippen molar-refractivity contribution in [1.82, 2.24) is 9.88 Å². The molecule has 2 heterocycles. The highest BCUT2D eigenvalue weighted by Gasteiger charge is 2.48. The second-order valence-corrected chi connectivity index (χ2v) is 9.59. The summed E-state index contributed by atoms with van der Waals surface area (Å²) in [7, 11) is 1.57. The zero-order chi connectivity index (χ0) is 22.7. The highest BCUT2D eigenvalue weighted by molar-refractivity contribution is 7.14. The van der Waals surface area contributed by atoms with E-state index in [1.165, 1.54) is 16.2 Å². The minimum Gasteiger partial charge on any atom is -0.451 e. The van der Waals surface area contributed by atoms with Crippen LogP contribution in [0.25, 0.3) is 10.6 Å². The van der Waals surface area contributed by atoms with Crippen molar-refractivity contribution in [3.05, 3.63) is 62.8 Å². The first-order chi connectivity index (χ1) is 15.4. The van der Waals surface area contributed by atoms with Gasteiger partial charge in [-0.3, -0.25) is 9.59 Å². The molecule has 1 fully saturated rings. The van der Waals surface area contributed by atoms with Crippen LogP contribution in [0.3, 0.4) is 0 Å². The van der Waals surface area contributed by atoms with Crippen LogP contribution < -0.4 is 0 Å². The van der Waals surface area contributed by atoms with Gasteiger partial charge in [-0.1, -0.05) is 29.8 Å². The number of thiophene rings is 1. The monoisotopic (exact) mass is 488 g/mol. The van der Waals surface area contributed by atoms with E-state index >= 15 is 0 Å². The Morgan fingerprint density at radius 3 is 2.75 bits per heavy atom. The lowest BCUT2D eigenvalue weighted by atomic mass is 9.74. The summed E-state index contributed by atoms with van der Waals surface area (Å²) >= 11 is 9.31. The Morgan fingerprint density at radius 1 is 1.22 bits per heavy atom. The van der Waals surface area contributed by atoms with E-state index in [1.54, 1.807) is 48.0 Å². The lowest BCUT2D eigenvalue weighted by Crippen LogP contribution is -2.55. The van der Waals surface area contributed by atoms with Crippen molar-refractivity contribution < 1.29 is 19.1 Å². The van der Waals surface area contributed by atoms with E-state index in [2.05, 4.69) is 4.98 Å². The molecule has 1 aromatic carbocycles. The highest BCUT2D eigenvalue weighted by atomic mass is 35.5. The van der Waals surface area contributed by atoms with Crippen molar-refractivity contribution >= 4 is 51.9 Å². The molecular weight excluding hydrogens is 468 g/mol. The fourth-order valence-electron chi connectivity index (χ4n) is 4.03. The van der Waals surface area contributed by atoms with Gasteiger partial charge in [-0.2, -0.15) is 11.3 Å². The summed E-state index contributed by atoms with van der Waals surface area (Å²) in [6.45, 7) is -0.486. The number of thiazole rings is 1. The van der Waals surface area contributed by atoms with Gasteiger partial charge in [0.1, 0.15) is 10.5 Å². The average Bonchev–Trinajstić information content (AvgIpc) is 3.50. The number of ether oxygens (including phenoxy) is 1. The second-order valence-electron chi connectivity index (χ2n) is 7.55. The van der Waals surface area contributed by atoms with Crippen LogP contribution in [0.5, 0.6) is 0 Å². The molecular formula is C23H21ClN2O4S2. The molecule has 0 aliphatic heterocycles. The Kier molecular flexibility index (Phi) is 6.74. The third-order valence-electron chi connectivity index (χ3n) is 5.73. The van der Waals surface area contributed by atoms with E-state index in [0.717, 1.165) is 18.4 Å². The van der Waals surface area contributed by atoms with Crippen molar-refractivity contribution in [2.45, 2.75) is 31.2 Å². The van der Waals surface area contributed by atoms with Crippen molar-refractivity contribution in [1.29, 1.82) is 0 Å². The molecule has 0 spiro atoms. The van der Waals surface area contributed by atoms with Crippen LogP contribution in [0, 0.1) is 0 Å². The Hall–Kier alpha value is -2.55. The number of aromatic nitrogens is 1. The SMILES string of the molecule is CN(C(=O)COC(=O)c1csc(-c2ccsc2)n1)[C@]1(c2ccccc2Cl)CCCCC1=O. The van der Waals surface area contributed by atoms with Gasteiger partial charge in [-0.25, -0.2) is 9.78 Å². The quantitative estimate of drug-likeness (QED) is 0.447. The number of esters is 1. The van der Waals surface area contributed by atoms with Crippen LogP contribution in [0.4, 0.5) is 0 Å². The first-order valence-corrected chi connectivity index (χ1v) is 12.3. The zero-order valence-corrected chi connectivity index (χ0v) is 19.8. The smallest absolute Gasteiger partial charge is 0.358 e. The first kappa shape index (κ1) is 22.6. The molecule has 2 aromatic heterocycles. The van der Waals surface area contributed by atoms with Gasteiger partial charge in [-0.15, -0.1) is 11.3 Å². The van der Waals surface area contributed by atoms with Crippen LogP contribution in [-0.2, 0) is 19.9 Å². The Morgan fingerprint density at radius 2 is 2.03 bits per heavy atom. The third kappa shape index (κ3) is 4.22. The van der Waals surface area contributed by atoms with Gasteiger partial charge >= 0.3 is 5.97 Å². The molecule has 0 unspecified atom stereocenters. The minimum atomic E-state index is -1.16. The van der Waals surface area contributed by atoms with Crippen LogP contribution in [0.1, 0.15) is 41.7 Å². The van der Waals surface area contributed by atoms with Gasteiger partial charge in [0, 0.05) is 40.4 Å². The molecule has 6 nitrogen and oxygen atoms in total. The predicted octanol–water partition coefficient (Wildman–Crippen LogP) is 5.18. The molecule has 0 bridgehead atoms. The summed E-state index contributed by atoms with van der Waals surface area (Å²) in [5, 5.41) is 6.64. The van der Waals surface area contributed by atoms with Crippen molar-refractivity contribution in [3.63, 3.8) is 0 Å². The van der Waals surface area contributed by atoms with E-state index in [9.17, 15) is 14.4 Å². The third-order valence-corrected chi connectivity index (χ3v) is 7.63. The number of carbonyl (C=O) groups is 3. The fourth-order valence-corrected chi connectivity index (χ4v) is 5.82. The van der Waals surface area contributed by atoms with E-state index in [-0.39, 0.29) is 11.5 Å². The number of rotatable bonds is 6. The van der Waals surface area contributed by atoms with Crippen molar-refractivity contribution in [2.75, 3.05) is 13.7 Å². The lowest BCUT2D eigenvalue weighted by molar-refractivity contribution is -0.150. The highest BCUT2D eigenvalue weighted by Crippen LogP contribution is 2.42. The Labute approximate surface area is 198 Å². The number of amides is 1. The van der Waals surface area contributed by atoms with E-state index in [0.29, 0.717) is 28.4 Å². The number of nitrogens with zero attached hydrogens (tertiary/aromatic N) is 2. The molecule has 0 radical (unpaired) electrons. The van der Waals surface area contributed by atoms with Crippen LogP contribution in [0.15, 0.2) is 46.5 Å². The average molecular weight is 489 g/mol. The van der Waals surface area contributed by atoms with Crippen LogP contribution >= 0.6 is 34.3 Å². The van der Waals surface area contributed by atoms with Gasteiger partial charge in [0.2, 0.25) is 0 Å². The van der Waals surface area contributed by atoms with Crippen molar-refractivity contribution in [2.24, 2.45) is 0 Å². The first-order valence-electron chi connectivity index (χ1n) is 10.1. The summed E-state index contributed by atoms with van der Waals surface area (Å²) in [6, 6.07) is 9.01. The maximum absolute atomic E-state index is 13.1. The predicted molar refractivity (Wildman–Crippen MR) is 125 cm³/mol. The largest absolute Gasteiger partial charge is 0.451 e. The molecule has 1 saturated carbocycles. The molecule has 1 atom stereocenters. The maximum atomic E-state index is 13.1. The molecule has 1 aliphatic carbocycles. The van der Waals surface area contributed by atoms with Crippen LogP contribution in [-0.4, -0.2) is 41.2 Å². The standard InChI is InChI=1S/C23H21ClN2O4S2/c1-26(23(10-5-4-8-19(23)27)16-6-2-3-7-17(16)24)20(28)12-30-22(29)18-14-32-21(25-18)15-9-11-31-13-15/h2-3,6-7,9,11,13-14H,4-5,8,10,12H2,1H3/t23-/m0/s1. The number of likely N-dealkylation sites (N-methyl/N-ethyl adjacent to an activating group) is 1. The molecule has 0 saturated heterocycles. The Bertz CT molecular complexity index is 1140. The number of carbonyl (C=O) groups excluding carboxylic acids is 3. The summed E-state index contributed by atoms with van der Waals surface area (Å²) in [5.41, 5.74) is 0.536. The van der Waals surface area contributed by atoms with E-state index < -0.39 is 24.0 Å². The molecule has 166 valence electrons. The minimum absolute atomic E-state index is 0.0565. The molecule has 1 amide bonds. The number of hydrogen-bond donors (Lipinski definition) is 0. The summed E-state index contributed by atoms with van der Waals surface area (Å²) in [4.78, 5) is 44.3. The summed E-state index contributed by atoms with van der Waals surface area (Å²) < 4.78 is 5.25. The van der Waals surface area contributed by atoms with Crippen LogP contribution in [0.2, 0.25) is 5.02 Å². The number of benzene rings is 1. The topological polar surface area (TPSA) is 76.6 Å². The number of Topliss-reactive ketones (excluding diaryl/α,β-unsaturated/α-hetero) is 1. The Balaban J connectivity index is 1.50. The fraction of sp³-hybridized carbons (Fsp3) is 0.304. The van der Waals surface area contributed by atoms with Gasteiger partial charge in [-0.05, 0) is 36.8 Å². The van der Waals surface area contributed by atoms with Gasteiger partial charge in [0.25, 0.3) is 5.91 Å². The molecule has 0 N–H and O–H groups in total. The van der Waals surface area contributed by atoms with Gasteiger partial charge in [0.05, 0.1) is 0 Å². The summed E-state index contributed by atoms with van der Waals surface area (Å²) in [6.07, 6.45) is 2.41. The molecule has 3 aromatic rings. The van der Waals surface area contributed by atoms with E-state index in [4.69, 9.17) is 16.3 Å². The number of halogens is 1. The second kappa shape index (κ2) is 9.52. The lowest BCUT2D eigenvalue weighted by Gasteiger charge is -2.43. The maximum Gasteiger partial charge on any atom is 0.358 e. The number of hydrogen-bond acceptors (Lipinski definition) is 7. The molecule has 1 aliphatic rings. The molecule has 4 rings (SSSR count). The molecule has 9 heteroatoms. The summed E-state index contributed by atoms with van der Waals surface area (Å²) in [5.74, 6) is -1.20. The molecule has 32 heavy (non-hydrogen) atoms.